The Morgan fingerprint density at radius 2 is 1.32 bits per heavy atom. The maximum Gasteiger partial charge on any atom is 0.263 e. The Hall–Kier alpha value is -2.81. The van der Waals surface area contributed by atoms with Gasteiger partial charge in [0.15, 0.2) is 0 Å². The van der Waals surface area contributed by atoms with E-state index in [0.717, 1.165) is 43.4 Å². The molecule has 2 heterocycles. The lowest BCUT2D eigenvalue weighted by Gasteiger charge is -2.07. The molecule has 22 heavy (non-hydrogen) atoms. The van der Waals surface area contributed by atoms with Crippen LogP contribution in [0.15, 0.2) is 65.5 Å². The van der Waals surface area contributed by atoms with Gasteiger partial charge >= 0.3 is 0 Å². The highest BCUT2D eigenvalue weighted by Gasteiger charge is 2.16. The second kappa shape index (κ2) is 3.89. The molecule has 0 spiro atoms. The molecule has 5 aromatic rings. The van der Waals surface area contributed by atoms with Gasteiger partial charge in [0.1, 0.15) is 7.85 Å². The molecular formula is C19H10BNO. The predicted octanol–water partition coefficient (Wildman–Crippen LogP) is 2.99. The van der Waals surface area contributed by atoms with Crippen LogP contribution in [-0.2, 0) is 0 Å². The van der Waals surface area contributed by atoms with Crippen molar-refractivity contribution in [3.05, 3.63) is 71.0 Å². The lowest BCUT2D eigenvalue weighted by molar-refractivity contribution is 1.21. The summed E-state index contributed by atoms with van der Waals surface area (Å²) in [6.45, 7) is 0. The summed E-state index contributed by atoms with van der Waals surface area (Å²) in [6, 6.07) is 19.6. The molecule has 0 saturated carbocycles. The SMILES string of the molecule is [B]c1cc2c3ccccc3c(=O)n3c4ccccc4c(c1)c23. The molecule has 0 aliphatic rings. The molecule has 100 valence electrons. The maximum atomic E-state index is 13.0. The topological polar surface area (TPSA) is 21.5 Å². The van der Waals surface area contributed by atoms with Crippen molar-refractivity contribution in [3.8, 4) is 0 Å². The monoisotopic (exact) mass is 279 g/mol. The summed E-state index contributed by atoms with van der Waals surface area (Å²) < 4.78 is 1.82. The van der Waals surface area contributed by atoms with Crippen molar-refractivity contribution in [2.75, 3.05) is 0 Å². The van der Waals surface area contributed by atoms with Crippen LogP contribution in [0.25, 0.3) is 38.0 Å². The van der Waals surface area contributed by atoms with Crippen LogP contribution in [0.3, 0.4) is 0 Å². The molecule has 2 aromatic heterocycles. The number of para-hydroxylation sites is 1. The van der Waals surface area contributed by atoms with Crippen LogP contribution < -0.4 is 11.0 Å². The molecule has 0 aliphatic heterocycles. The molecule has 0 atom stereocenters. The minimum absolute atomic E-state index is 0.0269. The first-order chi connectivity index (χ1) is 10.8. The molecule has 3 heteroatoms. The highest BCUT2D eigenvalue weighted by Crippen LogP contribution is 2.32. The second-order valence-corrected chi connectivity index (χ2v) is 5.67. The van der Waals surface area contributed by atoms with E-state index in [1.165, 1.54) is 0 Å². The van der Waals surface area contributed by atoms with Crippen LogP contribution in [-0.4, -0.2) is 12.2 Å². The molecule has 0 saturated heterocycles. The fraction of sp³-hybridized carbons (Fsp3) is 0. The number of fused-ring (bicyclic) bond motifs is 5. The minimum atomic E-state index is 0.0269. The minimum Gasteiger partial charge on any atom is -0.275 e. The number of hydrogen-bond donors (Lipinski definition) is 0. The summed E-state index contributed by atoms with van der Waals surface area (Å²) in [5.74, 6) is 0. The highest BCUT2D eigenvalue weighted by atomic mass is 16.1. The van der Waals surface area contributed by atoms with Crippen LogP contribution in [0, 0.1) is 0 Å². The number of aromatic nitrogens is 1. The zero-order valence-electron chi connectivity index (χ0n) is 11.7. The molecule has 2 nitrogen and oxygen atoms in total. The van der Waals surface area contributed by atoms with Gasteiger partial charge in [-0.25, -0.2) is 0 Å². The fourth-order valence-corrected chi connectivity index (χ4v) is 3.56. The second-order valence-electron chi connectivity index (χ2n) is 5.67. The summed E-state index contributed by atoms with van der Waals surface area (Å²) in [5, 5.41) is 4.81. The molecule has 5 rings (SSSR count). The quantitative estimate of drug-likeness (QED) is 0.315. The van der Waals surface area contributed by atoms with E-state index in [0.29, 0.717) is 0 Å². The number of rotatable bonds is 0. The molecule has 0 bridgehead atoms. The first kappa shape index (κ1) is 11.8. The number of nitrogens with zero attached hydrogens (tertiary/aromatic N) is 1. The average Bonchev–Trinajstić information content (AvgIpc) is 2.88. The van der Waals surface area contributed by atoms with Crippen molar-refractivity contribution in [1.29, 1.82) is 0 Å². The Balaban J connectivity index is 2.32. The van der Waals surface area contributed by atoms with Gasteiger partial charge in [0.05, 0.1) is 11.0 Å². The van der Waals surface area contributed by atoms with Crippen molar-refractivity contribution in [1.82, 2.24) is 4.40 Å². The van der Waals surface area contributed by atoms with E-state index in [9.17, 15) is 4.79 Å². The third-order valence-electron chi connectivity index (χ3n) is 4.44. The first-order valence-corrected chi connectivity index (χ1v) is 7.22. The lowest BCUT2D eigenvalue weighted by Crippen LogP contribution is -2.13. The van der Waals surface area contributed by atoms with Gasteiger partial charge < -0.3 is 0 Å². The Morgan fingerprint density at radius 1 is 0.727 bits per heavy atom. The number of benzene rings is 3. The molecule has 0 unspecified atom stereocenters. The van der Waals surface area contributed by atoms with E-state index in [-0.39, 0.29) is 5.56 Å². The fourth-order valence-electron chi connectivity index (χ4n) is 3.56. The van der Waals surface area contributed by atoms with Crippen LogP contribution in [0.5, 0.6) is 0 Å². The highest BCUT2D eigenvalue weighted by molar-refractivity contribution is 6.36. The van der Waals surface area contributed by atoms with Gasteiger partial charge in [-0.3, -0.25) is 9.20 Å². The molecule has 3 aromatic carbocycles. The Bertz CT molecular complexity index is 1250. The third kappa shape index (κ3) is 1.29. The molecule has 0 fully saturated rings. The number of hydrogen-bond acceptors (Lipinski definition) is 1. The third-order valence-corrected chi connectivity index (χ3v) is 4.44. The number of pyridine rings is 1. The van der Waals surface area contributed by atoms with E-state index in [1.807, 2.05) is 65.1 Å². The molecular weight excluding hydrogens is 269 g/mol. The largest absolute Gasteiger partial charge is 0.275 e. The van der Waals surface area contributed by atoms with Gasteiger partial charge in [-0.1, -0.05) is 54.0 Å². The van der Waals surface area contributed by atoms with E-state index in [2.05, 4.69) is 0 Å². The van der Waals surface area contributed by atoms with Crippen LogP contribution in [0.4, 0.5) is 0 Å². The molecule has 0 N–H and O–H groups in total. The normalized spacial score (nSPS) is 12.0. The Kier molecular flexibility index (Phi) is 2.09. The molecule has 0 aliphatic carbocycles. The van der Waals surface area contributed by atoms with Crippen LogP contribution in [0.2, 0.25) is 0 Å². The summed E-state index contributed by atoms with van der Waals surface area (Å²) in [7, 11) is 6.12. The molecule has 2 radical (unpaired) electrons. The van der Waals surface area contributed by atoms with Gasteiger partial charge in [-0.15, -0.1) is 0 Å². The Morgan fingerprint density at radius 3 is 2.09 bits per heavy atom. The summed E-state index contributed by atoms with van der Waals surface area (Å²) in [4.78, 5) is 13.0. The van der Waals surface area contributed by atoms with Gasteiger partial charge in [0.25, 0.3) is 5.56 Å². The van der Waals surface area contributed by atoms with Gasteiger partial charge in [0.2, 0.25) is 0 Å². The zero-order chi connectivity index (χ0) is 14.8. The van der Waals surface area contributed by atoms with Crippen LogP contribution >= 0.6 is 0 Å². The van der Waals surface area contributed by atoms with Crippen molar-refractivity contribution in [2.24, 2.45) is 0 Å². The standard InChI is InChI=1S/C19H10BNO/c20-11-9-15-12-5-1-2-7-14(12)19(22)21-17-8-4-3-6-13(17)16(10-11)18(15)21/h1-10H. The molecule has 0 amide bonds. The first-order valence-electron chi connectivity index (χ1n) is 7.22. The van der Waals surface area contributed by atoms with E-state index in [1.54, 1.807) is 0 Å². The summed E-state index contributed by atoms with van der Waals surface area (Å²) in [6.07, 6.45) is 0. The van der Waals surface area contributed by atoms with Crippen molar-refractivity contribution in [3.63, 3.8) is 0 Å². The summed E-state index contributed by atoms with van der Waals surface area (Å²) >= 11 is 0. The summed E-state index contributed by atoms with van der Waals surface area (Å²) in [5.41, 5.74) is 2.64. The van der Waals surface area contributed by atoms with E-state index in [4.69, 9.17) is 7.85 Å². The van der Waals surface area contributed by atoms with Crippen molar-refractivity contribution >= 4 is 51.3 Å². The van der Waals surface area contributed by atoms with Gasteiger partial charge in [0, 0.05) is 21.5 Å². The van der Waals surface area contributed by atoms with Crippen molar-refractivity contribution < 1.29 is 0 Å². The van der Waals surface area contributed by atoms with Gasteiger partial charge in [-0.05, 0) is 17.5 Å². The average molecular weight is 279 g/mol. The smallest absolute Gasteiger partial charge is 0.263 e. The lowest BCUT2D eigenvalue weighted by atomic mass is 9.91. The maximum absolute atomic E-state index is 13.0. The zero-order valence-corrected chi connectivity index (χ0v) is 11.7. The Labute approximate surface area is 127 Å². The van der Waals surface area contributed by atoms with Gasteiger partial charge in [-0.2, -0.15) is 0 Å². The predicted molar refractivity (Wildman–Crippen MR) is 92.8 cm³/mol. The van der Waals surface area contributed by atoms with E-state index >= 15 is 0 Å². The van der Waals surface area contributed by atoms with E-state index < -0.39 is 0 Å². The van der Waals surface area contributed by atoms with Crippen molar-refractivity contribution in [2.45, 2.75) is 0 Å². The van der Waals surface area contributed by atoms with Crippen LogP contribution in [0.1, 0.15) is 0 Å².